The van der Waals surface area contributed by atoms with Crippen LogP contribution >= 0.6 is 0 Å². The quantitative estimate of drug-likeness (QED) is 0.577. The van der Waals surface area contributed by atoms with Crippen molar-refractivity contribution in [1.29, 1.82) is 0 Å². The van der Waals surface area contributed by atoms with E-state index in [0.29, 0.717) is 6.54 Å². The van der Waals surface area contributed by atoms with E-state index in [1.54, 1.807) is 0 Å². The highest BCUT2D eigenvalue weighted by Gasteiger charge is 1.84. The summed E-state index contributed by atoms with van der Waals surface area (Å²) in [5.74, 6) is 0. The van der Waals surface area contributed by atoms with Crippen molar-refractivity contribution in [2.75, 3.05) is 38.7 Å². The van der Waals surface area contributed by atoms with Crippen molar-refractivity contribution in [3.63, 3.8) is 0 Å². The SMILES string of the molecule is CN(C)CC=O.CNc1ccc(N)cc1. The van der Waals surface area contributed by atoms with Gasteiger partial charge in [-0.2, -0.15) is 0 Å². The molecule has 0 aliphatic heterocycles. The molecule has 0 heterocycles. The first-order chi connectivity index (χ1) is 7.10. The number of aldehydes is 1. The number of benzene rings is 1. The first kappa shape index (κ1) is 13.4. The number of hydrogen-bond acceptors (Lipinski definition) is 4. The minimum atomic E-state index is 0.528. The second-order valence-electron chi connectivity index (χ2n) is 3.30. The first-order valence-corrected chi connectivity index (χ1v) is 4.71. The van der Waals surface area contributed by atoms with Crippen LogP contribution in [0.1, 0.15) is 0 Å². The summed E-state index contributed by atoms with van der Waals surface area (Å²) in [4.78, 5) is 11.4. The van der Waals surface area contributed by atoms with Gasteiger partial charge in [0.05, 0.1) is 6.54 Å². The van der Waals surface area contributed by atoms with Gasteiger partial charge in [0, 0.05) is 18.4 Å². The summed E-state index contributed by atoms with van der Waals surface area (Å²) >= 11 is 0. The van der Waals surface area contributed by atoms with Gasteiger partial charge in [-0.15, -0.1) is 0 Å². The van der Waals surface area contributed by atoms with E-state index in [0.717, 1.165) is 17.7 Å². The molecule has 0 aliphatic rings. The highest BCUT2D eigenvalue weighted by molar-refractivity contribution is 5.51. The zero-order valence-electron chi connectivity index (χ0n) is 9.53. The van der Waals surface area contributed by atoms with E-state index in [9.17, 15) is 4.79 Å². The summed E-state index contributed by atoms with van der Waals surface area (Å²) in [5, 5.41) is 3.00. The fourth-order valence-corrected chi connectivity index (χ4v) is 0.799. The minimum absolute atomic E-state index is 0.528. The Kier molecular flexibility index (Phi) is 7.01. The van der Waals surface area contributed by atoms with Gasteiger partial charge in [-0.1, -0.05) is 0 Å². The number of nitrogens with two attached hydrogens (primary N) is 1. The Bertz CT molecular complexity index is 270. The van der Waals surface area contributed by atoms with Crippen LogP contribution in [0.15, 0.2) is 24.3 Å². The fourth-order valence-electron chi connectivity index (χ4n) is 0.799. The smallest absolute Gasteiger partial charge is 0.133 e. The van der Waals surface area contributed by atoms with Crippen LogP contribution in [0.3, 0.4) is 0 Å². The molecular weight excluding hydrogens is 190 g/mol. The minimum Gasteiger partial charge on any atom is -0.399 e. The highest BCUT2D eigenvalue weighted by Crippen LogP contribution is 2.08. The van der Waals surface area contributed by atoms with Crippen LogP contribution in [0.5, 0.6) is 0 Å². The fraction of sp³-hybridized carbons (Fsp3) is 0.364. The molecule has 0 saturated heterocycles. The first-order valence-electron chi connectivity index (χ1n) is 4.71. The number of hydrogen-bond donors (Lipinski definition) is 2. The van der Waals surface area contributed by atoms with Crippen LogP contribution in [-0.2, 0) is 4.79 Å². The molecule has 4 nitrogen and oxygen atoms in total. The second-order valence-corrected chi connectivity index (χ2v) is 3.30. The summed E-state index contributed by atoms with van der Waals surface area (Å²) in [6.45, 7) is 0.528. The molecule has 0 spiro atoms. The Labute approximate surface area is 91.1 Å². The molecule has 84 valence electrons. The molecule has 0 saturated carbocycles. The zero-order chi connectivity index (χ0) is 11.7. The van der Waals surface area contributed by atoms with Crippen molar-refractivity contribution < 1.29 is 4.79 Å². The maximum absolute atomic E-state index is 9.57. The number of rotatable bonds is 3. The lowest BCUT2D eigenvalue weighted by atomic mass is 10.3. The summed E-state index contributed by atoms with van der Waals surface area (Å²) in [7, 11) is 5.59. The van der Waals surface area contributed by atoms with E-state index in [4.69, 9.17) is 5.73 Å². The third-order valence-corrected chi connectivity index (χ3v) is 1.64. The molecule has 0 aromatic heterocycles. The Morgan fingerprint density at radius 3 is 2.13 bits per heavy atom. The van der Waals surface area contributed by atoms with Crippen molar-refractivity contribution in [2.24, 2.45) is 0 Å². The molecule has 1 rings (SSSR count). The largest absolute Gasteiger partial charge is 0.399 e. The molecule has 3 N–H and O–H groups in total. The van der Waals surface area contributed by atoms with Crippen LogP contribution in [0.4, 0.5) is 11.4 Å². The standard InChI is InChI=1S/C7H10N2.C4H9NO/c1-9-7-4-2-6(8)3-5-7;1-5(2)3-4-6/h2-5,9H,8H2,1H3;4H,3H2,1-2H3. The van der Waals surface area contributed by atoms with Crippen LogP contribution in [-0.4, -0.2) is 38.9 Å². The van der Waals surface area contributed by atoms with E-state index in [1.807, 2.05) is 50.3 Å². The van der Waals surface area contributed by atoms with E-state index in [2.05, 4.69) is 5.32 Å². The normalized spacial score (nSPS) is 9.07. The number of nitrogens with one attached hydrogen (secondary N) is 1. The zero-order valence-corrected chi connectivity index (χ0v) is 9.53. The molecule has 1 aromatic carbocycles. The predicted octanol–water partition coefficient (Wildman–Crippen LogP) is 1.06. The molecule has 0 amide bonds. The van der Waals surface area contributed by atoms with E-state index >= 15 is 0 Å². The van der Waals surface area contributed by atoms with Gasteiger partial charge in [-0.3, -0.25) is 0 Å². The molecule has 1 aromatic rings. The average Bonchev–Trinajstić information content (AvgIpc) is 2.20. The molecule has 0 atom stereocenters. The van der Waals surface area contributed by atoms with E-state index < -0.39 is 0 Å². The third kappa shape index (κ3) is 7.52. The van der Waals surface area contributed by atoms with Crippen LogP contribution in [0.25, 0.3) is 0 Å². The van der Waals surface area contributed by atoms with Gasteiger partial charge in [0.15, 0.2) is 0 Å². The molecule has 15 heavy (non-hydrogen) atoms. The van der Waals surface area contributed by atoms with Gasteiger partial charge >= 0.3 is 0 Å². The molecule has 0 aliphatic carbocycles. The predicted molar refractivity (Wildman–Crippen MR) is 65.0 cm³/mol. The highest BCUT2D eigenvalue weighted by atomic mass is 16.1. The summed E-state index contributed by atoms with van der Waals surface area (Å²) in [6, 6.07) is 7.61. The van der Waals surface area contributed by atoms with Crippen molar-refractivity contribution in [3.8, 4) is 0 Å². The van der Waals surface area contributed by atoms with Gasteiger partial charge in [-0.25, -0.2) is 0 Å². The number of carbonyl (C=O) groups excluding carboxylic acids is 1. The Morgan fingerprint density at radius 1 is 1.33 bits per heavy atom. The molecule has 0 radical (unpaired) electrons. The molecule has 0 bridgehead atoms. The Balaban J connectivity index is 0.000000288. The lowest BCUT2D eigenvalue weighted by Crippen LogP contribution is -2.13. The van der Waals surface area contributed by atoms with Gasteiger partial charge < -0.3 is 20.7 Å². The maximum Gasteiger partial charge on any atom is 0.133 e. The van der Waals surface area contributed by atoms with Gasteiger partial charge in [0.2, 0.25) is 0 Å². The van der Waals surface area contributed by atoms with E-state index in [-0.39, 0.29) is 0 Å². The Morgan fingerprint density at radius 2 is 1.87 bits per heavy atom. The summed E-state index contributed by atoms with van der Waals surface area (Å²) in [6.07, 6.45) is 0.875. The monoisotopic (exact) mass is 209 g/mol. The van der Waals surface area contributed by atoms with Crippen LogP contribution in [0.2, 0.25) is 0 Å². The number of likely N-dealkylation sites (N-methyl/N-ethyl adjacent to an activating group) is 1. The van der Waals surface area contributed by atoms with Gasteiger partial charge in [-0.05, 0) is 38.4 Å². The van der Waals surface area contributed by atoms with Gasteiger partial charge in [0.25, 0.3) is 0 Å². The summed E-state index contributed by atoms with van der Waals surface area (Å²) in [5.41, 5.74) is 7.34. The lowest BCUT2D eigenvalue weighted by molar-refractivity contribution is -0.108. The number of nitrogen functional groups attached to an aromatic ring is 1. The van der Waals surface area contributed by atoms with Crippen molar-refractivity contribution >= 4 is 17.7 Å². The van der Waals surface area contributed by atoms with Crippen molar-refractivity contribution in [3.05, 3.63) is 24.3 Å². The molecule has 0 fully saturated rings. The number of carbonyl (C=O) groups is 1. The molecular formula is C11H19N3O. The summed E-state index contributed by atoms with van der Waals surface area (Å²) < 4.78 is 0. The Hall–Kier alpha value is -1.55. The van der Waals surface area contributed by atoms with E-state index in [1.165, 1.54) is 0 Å². The lowest BCUT2D eigenvalue weighted by Gasteiger charge is -1.99. The molecule has 0 unspecified atom stereocenters. The van der Waals surface area contributed by atoms with Crippen LogP contribution in [0, 0.1) is 0 Å². The second kappa shape index (κ2) is 7.82. The average molecular weight is 209 g/mol. The van der Waals surface area contributed by atoms with Crippen molar-refractivity contribution in [1.82, 2.24) is 4.90 Å². The third-order valence-electron chi connectivity index (χ3n) is 1.64. The van der Waals surface area contributed by atoms with Gasteiger partial charge in [0.1, 0.15) is 6.29 Å². The number of anilines is 2. The van der Waals surface area contributed by atoms with Crippen molar-refractivity contribution in [2.45, 2.75) is 0 Å². The molecule has 4 heteroatoms. The van der Waals surface area contributed by atoms with Crippen LogP contribution < -0.4 is 11.1 Å². The topological polar surface area (TPSA) is 58.4 Å². The number of nitrogens with zero attached hydrogens (tertiary/aromatic N) is 1. The maximum atomic E-state index is 9.57.